The number of rotatable bonds is 5. The van der Waals surface area contributed by atoms with Crippen molar-refractivity contribution < 1.29 is 4.74 Å². The van der Waals surface area contributed by atoms with E-state index in [9.17, 15) is 0 Å². The summed E-state index contributed by atoms with van der Waals surface area (Å²) >= 11 is 0. The number of fused-ring (bicyclic) bond motifs is 2. The van der Waals surface area contributed by atoms with Crippen LogP contribution in [0.4, 0.5) is 0 Å². The minimum absolute atomic E-state index is 0.272. The van der Waals surface area contributed by atoms with Crippen molar-refractivity contribution in [3.8, 4) is 39.8 Å². The van der Waals surface area contributed by atoms with Crippen molar-refractivity contribution >= 4 is 21.8 Å². The monoisotopic (exact) mass is 487 g/mol. The van der Waals surface area contributed by atoms with Crippen LogP contribution in [0.2, 0.25) is 0 Å². The standard InChI is InChI=1S/C29H25N7O/c1-2-6-19(7-3-1)37-20-12-18(15-30-16-20)25-13-22-27(17-33-25)35-36-29(22)26-14-21-23(34-26)9-11-32-28(21)24-8-4-5-10-31-24/h4-5,8-17,19,34H,1-3,6-7H2,(H,35,36). The van der Waals surface area contributed by atoms with Crippen LogP contribution in [0, 0.1) is 0 Å². The number of pyridine rings is 4. The molecular formula is C29H25N7O. The summed E-state index contributed by atoms with van der Waals surface area (Å²) in [7, 11) is 0. The maximum Gasteiger partial charge on any atom is 0.138 e. The van der Waals surface area contributed by atoms with Gasteiger partial charge in [-0.15, -0.1) is 0 Å². The van der Waals surface area contributed by atoms with E-state index in [-0.39, 0.29) is 6.10 Å². The first-order valence-electron chi connectivity index (χ1n) is 12.7. The number of nitrogens with zero attached hydrogens (tertiary/aromatic N) is 5. The van der Waals surface area contributed by atoms with Gasteiger partial charge in [-0.25, -0.2) is 0 Å². The molecule has 0 radical (unpaired) electrons. The first-order valence-corrected chi connectivity index (χ1v) is 12.7. The lowest BCUT2D eigenvalue weighted by Crippen LogP contribution is -2.19. The summed E-state index contributed by atoms with van der Waals surface area (Å²) in [5.41, 5.74) is 6.98. The van der Waals surface area contributed by atoms with Crippen molar-refractivity contribution in [2.24, 2.45) is 0 Å². The largest absolute Gasteiger partial charge is 0.489 e. The Hall–Kier alpha value is -4.59. The highest BCUT2D eigenvalue weighted by molar-refractivity contribution is 6.00. The molecule has 0 saturated heterocycles. The predicted octanol–water partition coefficient (Wildman–Crippen LogP) is 6.34. The molecule has 1 aliphatic rings. The van der Waals surface area contributed by atoms with Crippen LogP contribution in [0.3, 0.4) is 0 Å². The second kappa shape index (κ2) is 9.13. The number of nitrogens with one attached hydrogen (secondary N) is 2. The molecule has 2 N–H and O–H groups in total. The second-order valence-electron chi connectivity index (χ2n) is 9.49. The Morgan fingerprint density at radius 3 is 2.57 bits per heavy atom. The zero-order valence-electron chi connectivity index (χ0n) is 20.2. The topological polar surface area (TPSA) is 105 Å². The van der Waals surface area contributed by atoms with Gasteiger partial charge in [-0.3, -0.25) is 25.0 Å². The van der Waals surface area contributed by atoms with Gasteiger partial charge in [0.05, 0.1) is 46.8 Å². The summed E-state index contributed by atoms with van der Waals surface area (Å²) in [5.74, 6) is 0.795. The molecule has 1 aliphatic carbocycles. The lowest BCUT2D eigenvalue weighted by Gasteiger charge is -2.22. The molecule has 7 rings (SSSR count). The van der Waals surface area contributed by atoms with E-state index < -0.39 is 0 Å². The van der Waals surface area contributed by atoms with Gasteiger partial charge in [0, 0.05) is 40.4 Å². The van der Waals surface area contributed by atoms with Crippen LogP contribution in [0.25, 0.3) is 55.8 Å². The first kappa shape index (κ1) is 21.7. The summed E-state index contributed by atoms with van der Waals surface area (Å²) in [6.07, 6.45) is 15.3. The summed E-state index contributed by atoms with van der Waals surface area (Å²) in [4.78, 5) is 21.7. The number of ether oxygens (including phenoxy) is 1. The maximum absolute atomic E-state index is 6.24. The van der Waals surface area contributed by atoms with Gasteiger partial charge < -0.3 is 9.72 Å². The van der Waals surface area contributed by atoms with Crippen LogP contribution < -0.4 is 4.74 Å². The Balaban J connectivity index is 1.26. The number of H-pyrrole nitrogens is 2. The summed E-state index contributed by atoms with van der Waals surface area (Å²) in [6.45, 7) is 0. The van der Waals surface area contributed by atoms with E-state index in [1.807, 2.05) is 42.7 Å². The smallest absolute Gasteiger partial charge is 0.138 e. The van der Waals surface area contributed by atoms with E-state index in [0.717, 1.165) is 74.4 Å². The quantitative estimate of drug-likeness (QED) is 0.294. The van der Waals surface area contributed by atoms with Gasteiger partial charge in [-0.1, -0.05) is 12.5 Å². The normalized spacial score (nSPS) is 14.4. The van der Waals surface area contributed by atoms with E-state index in [2.05, 4.69) is 47.2 Å². The minimum Gasteiger partial charge on any atom is -0.489 e. The molecule has 0 unspecified atom stereocenters. The van der Waals surface area contributed by atoms with Crippen molar-refractivity contribution in [3.05, 3.63) is 73.4 Å². The molecule has 182 valence electrons. The molecule has 0 amide bonds. The fraction of sp³-hybridized carbons (Fsp3) is 0.207. The van der Waals surface area contributed by atoms with Crippen LogP contribution >= 0.6 is 0 Å². The van der Waals surface area contributed by atoms with Gasteiger partial charge in [-0.2, -0.15) is 5.10 Å². The molecular weight excluding hydrogens is 462 g/mol. The zero-order chi connectivity index (χ0) is 24.6. The van der Waals surface area contributed by atoms with Crippen LogP contribution in [0.5, 0.6) is 5.75 Å². The van der Waals surface area contributed by atoms with Gasteiger partial charge in [0.15, 0.2) is 0 Å². The molecule has 8 heteroatoms. The highest BCUT2D eigenvalue weighted by Gasteiger charge is 2.17. The predicted molar refractivity (Wildman–Crippen MR) is 143 cm³/mol. The fourth-order valence-corrected chi connectivity index (χ4v) is 5.17. The Kier molecular flexibility index (Phi) is 5.35. The first-order chi connectivity index (χ1) is 18.3. The molecule has 0 aliphatic heterocycles. The Morgan fingerprint density at radius 1 is 0.757 bits per heavy atom. The average molecular weight is 488 g/mol. The molecule has 6 heterocycles. The van der Waals surface area contributed by atoms with Crippen LogP contribution in [0.1, 0.15) is 32.1 Å². The molecule has 1 saturated carbocycles. The van der Waals surface area contributed by atoms with Crippen LogP contribution in [-0.2, 0) is 0 Å². The van der Waals surface area contributed by atoms with Crippen molar-refractivity contribution in [3.63, 3.8) is 0 Å². The van der Waals surface area contributed by atoms with Gasteiger partial charge in [-0.05, 0) is 62.1 Å². The second-order valence-corrected chi connectivity index (χ2v) is 9.49. The van der Waals surface area contributed by atoms with E-state index in [0.29, 0.717) is 0 Å². The Labute approximate surface area is 213 Å². The molecule has 0 bridgehead atoms. The fourth-order valence-electron chi connectivity index (χ4n) is 5.17. The van der Waals surface area contributed by atoms with Crippen LogP contribution in [0.15, 0.2) is 73.4 Å². The Bertz CT molecular complexity index is 1700. The lowest BCUT2D eigenvalue weighted by atomic mass is 9.98. The highest BCUT2D eigenvalue weighted by atomic mass is 16.5. The number of aromatic amines is 2. The third-order valence-electron chi connectivity index (χ3n) is 7.02. The zero-order valence-corrected chi connectivity index (χ0v) is 20.2. The third kappa shape index (κ3) is 4.10. The van der Waals surface area contributed by atoms with E-state index in [1.54, 1.807) is 18.6 Å². The maximum atomic E-state index is 6.24. The minimum atomic E-state index is 0.272. The molecule has 8 nitrogen and oxygen atoms in total. The lowest BCUT2D eigenvalue weighted by molar-refractivity contribution is 0.154. The molecule has 0 spiro atoms. The van der Waals surface area contributed by atoms with Gasteiger partial charge in [0.25, 0.3) is 0 Å². The van der Waals surface area contributed by atoms with Crippen molar-refractivity contribution in [2.75, 3.05) is 0 Å². The number of hydrogen-bond acceptors (Lipinski definition) is 6. The van der Waals surface area contributed by atoms with Crippen molar-refractivity contribution in [2.45, 2.75) is 38.2 Å². The molecule has 1 fully saturated rings. The SMILES string of the molecule is c1ccc(-c2nccc3[nH]c(-c4n[nH]c5cnc(-c6cncc(OC7CCCCC7)c6)cc45)cc23)nc1. The highest BCUT2D eigenvalue weighted by Crippen LogP contribution is 2.34. The molecule has 6 aromatic heterocycles. The molecule has 6 aromatic rings. The van der Waals surface area contributed by atoms with E-state index in [4.69, 9.17) is 4.74 Å². The van der Waals surface area contributed by atoms with Gasteiger partial charge in [0.1, 0.15) is 11.4 Å². The summed E-state index contributed by atoms with van der Waals surface area (Å²) in [5, 5.41) is 9.71. The number of hydrogen-bond donors (Lipinski definition) is 2. The summed E-state index contributed by atoms with van der Waals surface area (Å²) in [6, 6.07) is 14.0. The third-order valence-corrected chi connectivity index (χ3v) is 7.02. The number of aromatic nitrogens is 7. The average Bonchev–Trinajstić information content (AvgIpc) is 3.58. The van der Waals surface area contributed by atoms with Crippen LogP contribution in [-0.4, -0.2) is 41.2 Å². The van der Waals surface area contributed by atoms with Gasteiger partial charge in [0.2, 0.25) is 0 Å². The Morgan fingerprint density at radius 2 is 1.68 bits per heavy atom. The molecule has 0 aromatic carbocycles. The van der Waals surface area contributed by atoms with E-state index in [1.165, 1.54) is 19.3 Å². The van der Waals surface area contributed by atoms with E-state index >= 15 is 0 Å². The summed E-state index contributed by atoms with van der Waals surface area (Å²) < 4.78 is 6.24. The van der Waals surface area contributed by atoms with Crippen molar-refractivity contribution in [1.29, 1.82) is 0 Å². The van der Waals surface area contributed by atoms with Crippen molar-refractivity contribution in [1.82, 2.24) is 35.1 Å². The van der Waals surface area contributed by atoms with Gasteiger partial charge >= 0.3 is 0 Å². The molecule has 0 atom stereocenters. The molecule has 37 heavy (non-hydrogen) atoms.